The SMILES string of the molecule is CC(=O)NC1CCc2c(C)c(F)cc(-n3c(N)c4c(cc3=O)C(=O)NC4=O)c2C1=O. The molecule has 1 aromatic carbocycles. The Labute approximate surface area is 169 Å². The highest BCUT2D eigenvalue weighted by atomic mass is 19.1. The maximum Gasteiger partial charge on any atom is 0.262 e. The van der Waals surface area contributed by atoms with Gasteiger partial charge in [-0.2, -0.15) is 0 Å². The quantitative estimate of drug-likeness (QED) is 0.610. The highest BCUT2D eigenvalue weighted by Gasteiger charge is 2.36. The van der Waals surface area contributed by atoms with Crippen molar-refractivity contribution in [3.05, 3.63) is 56.1 Å². The molecule has 0 spiro atoms. The number of nitrogens with zero attached hydrogens (tertiary/aromatic N) is 1. The summed E-state index contributed by atoms with van der Waals surface area (Å²) in [5, 5.41) is 4.61. The molecule has 30 heavy (non-hydrogen) atoms. The summed E-state index contributed by atoms with van der Waals surface area (Å²) in [5.41, 5.74) is 5.44. The number of benzene rings is 1. The van der Waals surface area contributed by atoms with E-state index in [0.717, 1.165) is 16.7 Å². The van der Waals surface area contributed by atoms with Gasteiger partial charge in [-0.15, -0.1) is 0 Å². The van der Waals surface area contributed by atoms with Crippen LogP contribution < -0.4 is 21.9 Å². The number of carbonyl (C=O) groups is 4. The molecule has 0 bridgehead atoms. The molecule has 1 aliphatic carbocycles. The van der Waals surface area contributed by atoms with E-state index in [2.05, 4.69) is 10.6 Å². The summed E-state index contributed by atoms with van der Waals surface area (Å²) in [4.78, 5) is 61.4. The Balaban J connectivity index is 2.02. The molecule has 1 unspecified atom stereocenters. The Bertz CT molecular complexity index is 1250. The summed E-state index contributed by atoms with van der Waals surface area (Å²) < 4.78 is 15.5. The smallest absolute Gasteiger partial charge is 0.262 e. The standard InChI is InChI=1S/C20H17FN4O5/c1-7-9-3-4-12(23-8(2)26)17(28)15(9)13(6-11(7)21)25-14(27)5-10-16(18(25)22)20(30)24-19(10)29/h5-6,12H,3-4,22H2,1-2H3,(H,23,26)(H,24,29,30). The second kappa shape index (κ2) is 6.61. The molecule has 2 heterocycles. The van der Waals surface area contributed by atoms with Crippen LogP contribution in [-0.4, -0.2) is 34.1 Å². The maximum absolute atomic E-state index is 14.7. The van der Waals surface area contributed by atoms with E-state index in [1.807, 2.05) is 0 Å². The van der Waals surface area contributed by atoms with E-state index in [9.17, 15) is 28.4 Å². The zero-order valence-corrected chi connectivity index (χ0v) is 16.1. The number of nitrogens with one attached hydrogen (secondary N) is 2. The number of imide groups is 1. The monoisotopic (exact) mass is 412 g/mol. The fourth-order valence-corrected chi connectivity index (χ4v) is 4.06. The summed E-state index contributed by atoms with van der Waals surface area (Å²) in [6.45, 7) is 2.79. The molecule has 0 saturated heterocycles. The van der Waals surface area contributed by atoms with Gasteiger partial charge in [0.2, 0.25) is 5.91 Å². The van der Waals surface area contributed by atoms with Gasteiger partial charge in [-0.05, 0) is 37.0 Å². The average molecular weight is 412 g/mol. The first-order valence-corrected chi connectivity index (χ1v) is 9.16. The molecule has 1 atom stereocenters. The third kappa shape index (κ3) is 2.71. The Morgan fingerprint density at radius 3 is 2.57 bits per heavy atom. The lowest BCUT2D eigenvalue weighted by Crippen LogP contribution is -2.43. The van der Waals surface area contributed by atoms with Gasteiger partial charge in [-0.3, -0.25) is 33.9 Å². The lowest BCUT2D eigenvalue weighted by atomic mass is 9.83. The second-order valence-electron chi connectivity index (χ2n) is 7.29. The summed E-state index contributed by atoms with van der Waals surface area (Å²) in [6, 6.07) is 1.09. The number of nitrogens with two attached hydrogens (primary N) is 1. The van der Waals surface area contributed by atoms with Gasteiger partial charge in [0.15, 0.2) is 5.78 Å². The molecule has 0 fully saturated rings. The van der Waals surface area contributed by atoms with Crippen molar-refractivity contribution in [2.24, 2.45) is 0 Å². The molecule has 4 rings (SSSR count). The molecule has 1 aromatic heterocycles. The van der Waals surface area contributed by atoms with Crippen molar-refractivity contribution < 1.29 is 23.6 Å². The highest BCUT2D eigenvalue weighted by Crippen LogP contribution is 2.33. The summed E-state index contributed by atoms with van der Waals surface area (Å²) >= 11 is 0. The van der Waals surface area contributed by atoms with Crippen LogP contribution >= 0.6 is 0 Å². The number of halogens is 1. The number of anilines is 1. The molecule has 154 valence electrons. The molecule has 9 nitrogen and oxygen atoms in total. The molecule has 1 aliphatic heterocycles. The zero-order chi connectivity index (χ0) is 21.9. The van der Waals surface area contributed by atoms with Crippen LogP contribution in [0.2, 0.25) is 0 Å². The van der Waals surface area contributed by atoms with Crippen molar-refractivity contribution in [1.82, 2.24) is 15.2 Å². The number of pyridine rings is 1. The lowest BCUT2D eigenvalue weighted by molar-refractivity contribution is -0.119. The number of nitrogen functional groups attached to an aromatic ring is 1. The third-order valence-electron chi connectivity index (χ3n) is 5.45. The Morgan fingerprint density at radius 2 is 1.90 bits per heavy atom. The summed E-state index contributed by atoms with van der Waals surface area (Å²) in [7, 11) is 0. The number of ketones is 1. The fourth-order valence-electron chi connectivity index (χ4n) is 4.06. The fraction of sp³-hybridized carbons (Fsp3) is 0.250. The first-order valence-electron chi connectivity index (χ1n) is 9.16. The van der Waals surface area contributed by atoms with Crippen LogP contribution in [0.3, 0.4) is 0 Å². The largest absolute Gasteiger partial charge is 0.384 e. The average Bonchev–Trinajstić information content (AvgIpc) is 2.94. The van der Waals surface area contributed by atoms with E-state index in [4.69, 9.17) is 5.73 Å². The van der Waals surface area contributed by atoms with Crippen LogP contribution in [0.15, 0.2) is 16.9 Å². The Hall–Kier alpha value is -3.82. The summed E-state index contributed by atoms with van der Waals surface area (Å²) in [5.74, 6) is -3.46. The highest BCUT2D eigenvalue weighted by molar-refractivity contribution is 6.23. The van der Waals surface area contributed by atoms with Gasteiger partial charge in [0.05, 0.1) is 22.9 Å². The molecule has 10 heteroatoms. The third-order valence-corrected chi connectivity index (χ3v) is 5.45. The van der Waals surface area contributed by atoms with Crippen molar-refractivity contribution in [3.63, 3.8) is 0 Å². The van der Waals surface area contributed by atoms with Gasteiger partial charge in [-0.25, -0.2) is 4.39 Å². The predicted octanol–water partition coefficient (Wildman–Crippen LogP) is 0.384. The number of fused-ring (bicyclic) bond motifs is 2. The van der Waals surface area contributed by atoms with Crippen LogP contribution in [0.5, 0.6) is 0 Å². The van der Waals surface area contributed by atoms with Crippen molar-refractivity contribution in [2.75, 3.05) is 5.73 Å². The molecule has 2 aliphatic rings. The molecule has 0 saturated carbocycles. The first kappa shape index (κ1) is 19.5. The lowest BCUT2D eigenvalue weighted by Gasteiger charge is -2.28. The van der Waals surface area contributed by atoms with E-state index in [1.54, 1.807) is 0 Å². The topological polar surface area (TPSA) is 140 Å². The molecule has 2 aromatic rings. The minimum absolute atomic E-state index is 0.0531. The number of rotatable bonds is 2. The maximum atomic E-state index is 14.7. The number of hydrogen-bond donors (Lipinski definition) is 3. The van der Waals surface area contributed by atoms with Crippen LogP contribution in [0.1, 0.15) is 55.5 Å². The van der Waals surface area contributed by atoms with Gasteiger partial charge in [-0.1, -0.05) is 0 Å². The second-order valence-corrected chi connectivity index (χ2v) is 7.29. The number of hydrogen-bond acceptors (Lipinski definition) is 6. The normalized spacial score (nSPS) is 17.4. The number of carbonyl (C=O) groups excluding carboxylic acids is 4. The van der Waals surface area contributed by atoms with Crippen molar-refractivity contribution in [3.8, 4) is 5.69 Å². The van der Waals surface area contributed by atoms with Crippen molar-refractivity contribution >= 4 is 29.3 Å². The van der Waals surface area contributed by atoms with Crippen LogP contribution in [0.25, 0.3) is 5.69 Å². The Morgan fingerprint density at radius 1 is 1.20 bits per heavy atom. The number of aromatic nitrogens is 1. The first-order chi connectivity index (χ1) is 14.1. The van der Waals surface area contributed by atoms with E-state index in [1.165, 1.54) is 13.8 Å². The predicted molar refractivity (Wildman–Crippen MR) is 103 cm³/mol. The van der Waals surface area contributed by atoms with E-state index in [-0.39, 0.29) is 40.2 Å². The molecular formula is C20H17FN4O5. The van der Waals surface area contributed by atoms with Crippen LogP contribution in [0, 0.1) is 12.7 Å². The molecule has 0 radical (unpaired) electrons. The molecule has 4 N–H and O–H groups in total. The van der Waals surface area contributed by atoms with Crippen molar-refractivity contribution in [2.45, 2.75) is 32.7 Å². The minimum atomic E-state index is -0.838. The van der Waals surface area contributed by atoms with E-state index >= 15 is 0 Å². The van der Waals surface area contributed by atoms with Gasteiger partial charge in [0.25, 0.3) is 17.4 Å². The van der Waals surface area contributed by atoms with Crippen LogP contribution in [-0.2, 0) is 11.2 Å². The Kier molecular flexibility index (Phi) is 4.30. The summed E-state index contributed by atoms with van der Waals surface area (Å²) in [6.07, 6.45) is 0.571. The van der Waals surface area contributed by atoms with Gasteiger partial charge in [0, 0.05) is 18.6 Å². The number of amides is 3. The zero-order valence-electron chi connectivity index (χ0n) is 16.1. The van der Waals surface area contributed by atoms with Crippen LogP contribution in [0.4, 0.5) is 10.2 Å². The van der Waals surface area contributed by atoms with Crippen molar-refractivity contribution in [1.29, 1.82) is 0 Å². The van der Waals surface area contributed by atoms with Gasteiger partial charge in [0.1, 0.15) is 11.6 Å². The van der Waals surface area contributed by atoms with Gasteiger partial charge < -0.3 is 11.1 Å². The van der Waals surface area contributed by atoms with E-state index in [0.29, 0.717) is 12.0 Å². The molecular weight excluding hydrogens is 395 g/mol. The molecule has 3 amide bonds. The van der Waals surface area contributed by atoms with E-state index < -0.39 is 40.9 Å². The van der Waals surface area contributed by atoms with Gasteiger partial charge >= 0.3 is 0 Å². The number of Topliss-reactive ketones (excluding diaryl/α,β-unsaturated/α-hetero) is 1. The minimum Gasteiger partial charge on any atom is -0.384 e.